The van der Waals surface area contributed by atoms with Crippen LogP contribution < -0.4 is 0 Å². The largest absolute Gasteiger partial charge is 0.0579 e. The first-order valence-electron chi connectivity index (χ1n) is 21.3. The summed E-state index contributed by atoms with van der Waals surface area (Å²) >= 11 is 0. The maximum atomic E-state index is 2.54. The maximum absolute atomic E-state index is 2.54. The molecule has 0 aromatic heterocycles. The third-order valence-corrected chi connectivity index (χ3v) is 13.4. The van der Waals surface area contributed by atoms with Gasteiger partial charge in [0.25, 0.3) is 0 Å². The molecule has 0 heterocycles. The molecule has 0 saturated heterocycles. The average Bonchev–Trinajstić information content (AvgIpc) is 3.44. The van der Waals surface area contributed by atoms with Gasteiger partial charge in [0.15, 0.2) is 0 Å². The molecule has 0 amide bonds. The van der Waals surface area contributed by atoms with Gasteiger partial charge in [-0.15, -0.1) is 0 Å². The lowest BCUT2D eigenvalue weighted by Gasteiger charge is -2.29. The van der Waals surface area contributed by atoms with Crippen LogP contribution in [0.15, 0.2) is 78.9 Å². The van der Waals surface area contributed by atoms with E-state index in [4.69, 9.17) is 0 Å². The third kappa shape index (κ3) is 6.52. The number of rotatable bonds is 2. The Morgan fingerprint density at radius 3 is 0.875 bits per heavy atom. The Balaban J connectivity index is 1.58. The average molecular weight is 743 g/mol. The van der Waals surface area contributed by atoms with Crippen molar-refractivity contribution in [2.45, 2.75) is 169 Å². The molecule has 0 nitrogen and oxygen atoms in total. The van der Waals surface area contributed by atoms with Crippen LogP contribution in [0.25, 0.3) is 44.5 Å². The second kappa shape index (κ2) is 12.3. The molecule has 0 bridgehead atoms. The van der Waals surface area contributed by atoms with E-state index in [1.165, 1.54) is 94.6 Å². The standard InChI is InChI=1S/C56H70/c1-50(2,3)35-20-22-40-44(29-35)55(16,17)46-31-38(53(10,11)12)27-42(48(40)46)33-24-34(26-37(25-33)52(7,8)9)43-28-39(54(13,14)15)32-47-49(43)41-23-21-36(51(4,5)6)30-45(41)56(47,18)19/h20-32H,1-19H3. The van der Waals surface area contributed by atoms with E-state index in [2.05, 4.69) is 210 Å². The van der Waals surface area contributed by atoms with Crippen LogP contribution >= 0.6 is 0 Å². The molecule has 5 aromatic carbocycles. The summed E-state index contributed by atoms with van der Waals surface area (Å²) in [7, 11) is 0. The minimum atomic E-state index is -0.116. The number of hydrogen-bond donors (Lipinski definition) is 0. The van der Waals surface area contributed by atoms with Gasteiger partial charge in [-0.3, -0.25) is 0 Å². The molecule has 0 saturated carbocycles. The van der Waals surface area contributed by atoms with E-state index in [9.17, 15) is 0 Å². The maximum Gasteiger partial charge on any atom is 0.0159 e. The number of fused-ring (bicyclic) bond motifs is 6. The smallest absolute Gasteiger partial charge is 0.0159 e. The zero-order chi connectivity index (χ0) is 41.5. The second-order valence-corrected chi connectivity index (χ2v) is 23.7. The highest BCUT2D eigenvalue weighted by Crippen LogP contribution is 2.57. The summed E-state index contributed by atoms with van der Waals surface area (Å²) in [5.74, 6) is 0. The quantitative estimate of drug-likeness (QED) is 0.169. The molecule has 2 aliphatic rings. The van der Waals surface area contributed by atoms with Crippen molar-refractivity contribution in [2.75, 3.05) is 0 Å². The second-order valence-electron chi connectivity index (χ2n) is 23.7. The third-order valence-electron chi connectivity index (χ3n) is 13.4. The Kier molecular flexibility index (Phi) is 8.85. The Labute approximate surface area is 341 Å². The van der Waals surface area contributed by atoms with E-state index < -0.39 is 0 Å². The van der Waals surface area contributed by atoms with Crippen LogP contribution in [0.1, 0.15) is 182 Å². The molecule has 0 spiro atoms. The van der Waals surface area contributed by atoms with Gasteiger partial charge in [-0.2, -0.15) is 0 Å². The van der Waals surface area contributed by atoms with Gasteiger partial charge in [0.1, 0.15) is 0 Å². The van der Waals surface area contributed by atoms with Gasteiger partial charge in [0.2, 0.25) is 0 Å². The van der Waals surface area contributed by atoms with Gasteiger partial charge < -0.3 is 0 Å². The van der Waals surface area contributed by atoms with Gasteiger partial charge in [0, 0.05) is 10.8 Å². The molecular formula is C56H70. The fraction of sp³-hybridized carbons (Fsp3) is 0.464. The molecule has 0 aliphatic heterocycles. The molecule has 0 atom stereocenters. The van der Waals surface area contributed by atoms with Crippen molar-refractivity contribution in [3.63, 3.8) is 0 Å². The lowest BCUT2D eigenvalue weighted by molar-refractivity contribution is 0.579. The van der Waals surface area contributed by atoms with Crippen molar-refractivity contribution >= 4 is 0 Å². The van der Waals surface area contributed by atoms with Gasteiger partial charge in [-0.05, 0) is 140 Å². The SMILES string of the molecule is CC(C)(C)c1cc(-c2cc(C(C)(C)C)cc3c2-c2ccc(C(C)(C)C)cc2C3(C)C)cc(-c2cc(C(C)(C)C)cc3c2-c2ccc(C(C)(C)C)cc2C3(C)C)c1. The Bertz CT molecular complexity index is 2240. The van der Waals surface area contributed by atoms with Gasteiger partial charge >= 0.3 is 0 Å². The molecule has 2 aliphatic carbocycles. The molecule has 0 unspecified atom stereocenters. The first-order chi connectivity index (χ1) is 25.4. The predicted octanol–water partition coefficient (Wildman–Crippen LogP) is 16.1. The summed E-state index contributed by atoms with van der Waals surface area (Å²) in [6.45, 7) is 45.1. The summed E-state index contributed by atoms with van der Waals surface area (Å²) < 4.78 is 0. The van der Waals surface area contributed by atoms with E-state index in [0.29, 0.717) is 0 Å². The summed E-state index contributed by atoms with van der Waals surface area (Å²) in [6.07, 6.45) is 0. The van der Waals surface area contributed by atoms with Gasteiger partial charge in [0.05, 0.1) is 0 Å². The Morgan fingerprint density at radius 1 is 0.286 bits per heavy atom. The van der Waals surface area contributed by atoms with E-state index in [1.54, 1.807) is 0 Å². The van der Waals surface area contributed by atoms with Crippen molar-refractivity contribution in [1.82, 2.24) is 0 Å². The highest BCUT2D eigenvalue weighted by molar-refractivity contribution is 5.97. The molecule has 294 valence electrons. The van der Waals surface area contributed by atoms with Crippen LogP contribution in [0.4, 0.5) is 0 Å². The molecule has 0 fully saturated rings. The molecule has 0 radical (unpaired) electrons. The zero-order valence-electron chi connectivity index (χ0n) is 38.5. The van der Waals surface area contributed by atoms with E-state index in [-0.39, 0.29) is 37.9 Å². The summed E-state index contributed by atoms with van der Waals surface area (Å²) in [4.78, 5) is 0. The van der Waals surface area contributed by atoms with Crippen LogP contribution in [0.2, 0.25) is 0 Å². The lowest BCUT2D eigenvalue weighted by Crippen LogP contribution is -2.19. The zero-order valence-corrected chi connectivity index (χ0v) is 38.5. The molecule has 7 rings (SSSR count). The minimum absolute atomic E-state index is 0.00125. The van der Waals surface area contributed by atoms with Crippen LogP contribution in [0, 0.1) is 0 Å². The van der Waals surface area contributed by atoms with Crippen molar-refractivity contribution in [2.24, 2.45) is 0 Å². The molecular weight excluding hydrogens is 673 g/mol. The van der Waals surface area contributed by atoms with Crippen molar-refractivity contribution in [3.05, 3.63) is 129 Å². The van der Waals surface area contributed by atoms with Gasteiger partial charge in [-0.1, -0.05) is 192 Å². The summed E-state index contributed by atoms with van der Waals surface area (Å²) in [5.41, 5.74) is 23.6. The van der Waals surface area contributed by atoms with Crippen molar-refractivity contribution in [1.29, 1.82) is 0 Å². The predicted molar refractivity (Wildman–Crippen MR) is 246 cm³/mol. The van der Waals surface area contributed by atoms with Crippen LogP contribution in [0.5, 0.6) is 0 Å². The van der Waals surface area contributed by atoms with E-state index in [1.807, 2.05) is 0 Å². The number of hydrogen-bond acceptors (Lipinski definition) is 0. The van der Waals surface area contributed by atoms with Crippen LogP contribution in [-0.4, -0.2) is 0 Å². The summed E-state index contributed by atoms with van der Waals surface area (Å²) in [6, 6.07) is 32.4. The first kappa shape index (κ1) is 40.3. The minimum Gasteiger partial charge on any atom is -0.0579 e. The van der Waals surface area contributed by atoms with Gasteiger partial charge in [-0.25, -0.2) is 0 Å². The molecule has 0 N–H and O–H groups in total. The van der Waals surface area contributed by atoms with Crippen molar-refractivity contribution in [3.8, 4) is 44.5 Å². The van der Waals surface area contributed by atoms with E-state index >= 15 is 0 Å². The van der Waals surface area contributed by atoms with Crippen molar-refractivity contribution < 1.29 is 0 Å². The Morgan fingerprint density at radius 2 is 0.571 bits per heavy atom. The molecule has 56 heavy (non-hydrogen) atoms. The fourth-order valence-electron chi connectivity index (χ4n) is 9.33. The monoisotopic (exact) mass is 743 g/mol. The van der Waals surface area contributed by atoms with Crippen LogP contribution in [0.3, 0.4) is 0 Å². The highest BCUT2D eigenvalue weighted by atomic mass is 14.4. The highest BCUT2D eigenvalue weighted by Gasteiger charge is 2.41. The number of benzene rings is 5. The fourth-order valence-corrected chi connectivity index (χ4v) is 9.33. The van der Waals surface area contributed by atoms with E-state index in [0.717, 1.165) is 0 Å². The topological polar surface area (TPSA) is 0 Å². The normalized spacial score (nSPS) is 16.1. The van der Waals surface area contributed by atoms with Crippen LogP contribution in [-0.2, 0) is 37.9 Å². The lowest BCUT2D eigenvalue weighted by atomic mass is 9.75. The molecule has 5 aromatic rings. The summed E-state index contributed by atoms with van der Waals surface area (Å²) in [5, 5.41) is 0. The first-order valence-corrected chi connectivity index (χ1v) is 21.3. The molecule has 0 heteroatoms. The Hall–Kier alpha value is -3.90.